The van der Waals surface area contributed by atoms with Crippen LogP contribution in [0.1, 0.15) is 24.4 Å². The number of ether oxygens (including phenoxy) is 1. The molecule has 0 saturated heterocycles. The quantitative estimate of drug-likeness (QED) is 0.833. The average Bonchev–Trinajstić information content (AvgIpc) is 2.25. The standard InChI is InChI=1S/C11H15F2NO2.ClH/c12-11(13)16-9-4-1-3-8(7-9)10(14)5-2-6-15;/h1,3-4,7,10-11,15H,2,5-6,14H2;1H/t10-;/m1./s1. The number of hydrogen-bond acceptors (Lipinski definition) is 3. The number of hydrogen-bond donors (Lipinski definition) is 2. The zero-order chi connectivity index (χ0) is 12.0. The first-order chi connectivity index (χ1) is 7.63. The third kappa shape index (κ3) is 5.81. The molecule has 0 radical (unpaired) electrons. The highest BCUT2D eigenvalue weighted by Crippen LogP contribution is 2.21. The summed E-state index contributed by atoms with van der Waals surface area (Å²) in [5.74, 6) is 0.104. The van der Waals surface area contributed by atoms with Crippen molar-refractivity contribution >= 4 is 12.4 Å². The van der Waals surface area contributed by atoms with Crippen molar-refractivity contribution in [2.75, 3.05) is 6.61 Å². The smallest absolute Gasteiger partial charge is 0.387 e. The second-order valence-electron chi connectivity index (χ2n) is 3.42. The van der Waals surface area contributed by atoms with Gasteiger partial charge in [0.1, 0.15) is 5.75 Å². The topological polar surface area (TPSA) is 55.5 Å². The first-order valence-electron chi connectivity index (χ1n) is 5.04. The van der Waals surface area contributed by atoms with Gasteiger partial charge in [-0.3, -0.25) is 0 Å². The fourth-order valence-corrected chi connectivity index (χ4v) is 1.40. The van der Waals surface area contributed by atoms with E-state index in [0.29, 0.717) is 12.8 Å². The van der Waals surface area contributed by atoms with Crippen molar-refractivity contribution in [3.63, 3.8) is 0 Å². The van der Waals surface area contributed by atoms with Crippen molar-refractivity contribution in [3.8, 4) is 5.75 Å². The van der Waals surface area contributed by atoms with Crippen molar-refractivity contribution in [2.24, 2.45) is 5.73 Å². The zero-order valence-corrected chi connectivity index (χ0v) is 10.00. The Kier molecular flexibility index (Phi) is 7.78. The van der Waals surface area contributed by atoms with Gasteiger partial charge in [0.25, 0.3) is 0 Å². The molecule has 3 nitrogen and oxygen atoms in total. The molecule has 1 aromatic carbocycles. The van der Waals surface area contributed by atoms with Crippen LogP contribution in [-0.4, -0.2) is 18.3 Å². The number of halogens is 3. The van der Waals surface area contributed by atoms with E-state index in [-0.39, 0.29) is 30.8 Å². The van der Waals surface area contributed by atoms with Crippen molar-refractivity contribution in [3.05, 3.63) is 29.8 Å². The van der Waals surface area contributed by atoms with E-state index in [0.717, 1.165) is 5.56 Å². The lowest BCUT2D eigenvalue weighted by molar-refractivity contribution is -0.0499. The maximum absolute atomic E-state index is 12.0. The number of aliphatic hydroxyl groups excluding tert-OH is 1. The van der Waals surface area contributed by atoms with Gasteiger partial charge in [-0.25, -0.2) is 0 Å². The predicted molar refractivity (Wildman–Crippen MR) is 63.6 cm³/mol. The number of alkyl halides is 2. The summed E-state index contributed by atoms with van der Waals surface area (Å²) in [5.41, 5.74) is 6.55. The van der Waals surface area contributed by atoms with Gasteiger partial charge >= 0.3 is 6.61 Å². The second kappa shape index (κ2) is 8.22. The fourth-order valence-electron chi connectivity index (χ4n) is 1.40. The average molecular weight is 268 g/mol. The van der Waals surface area contributed by atoms with E-state index in [1.807, 2.05) is 0 Å². The number of benzene rings is 1. The third-order valence-electron chi connectivity index (χ3n) is 2.18. The van der Waals surface area contributed by atoms with E-state index >= 15 is 0 Å². The molecule has 3 N–H and O–H groups in total. The molecular weight excluding hydrogens is 252 g/mol. The van der Waals surface area contributed by atoms with Gasteiger partial charge in [-0.05, 0) is 30.5 Å². The van der Waals surface area contributed by atoms with E-state index in [9.17, 15) is 8.78 Å². The Bertz CT molecular complexity index is 326. The van der Waals surface area contributed by atoms with Gasteiger partial charge in [-0.2, -0.15) is 8.78 Å². The highest BCUT2D eigenvalue weighted by molar-refractivity contribution is 5.85. The lowest BCUT2D eigenvalue weighted by atomic mass is 10.0. The van der Waals surface area contributed by atoms with E-state index in [1.165, 1.54) is 12.1 Å². The molecule has 0 bridgehead atoms. The van der Waals surface area contributed by atoms with E-state index in [1.54, 1.807) is 12.1 Å². The first kappa shape index (κ1) is 16.1. The lowest BCUT2D eigenvalue weighted by Crippen LogP contribution is -2.11. The largest absolute Gasteiger partial charge is 0.435 e. The highest BCUT2D eigenvalue weighted by atomic mass is 35.5. The Morgan fingerprint density at radius 3 is 2.65 bits per heavy atom. The molecule has 0 amide bonds. The molecule has 6 heteroatoms. The maximum Gasteiger partial charge on any atom is 0.387 e. The van der Waals surface area contributed by atoms with Crippen molar-refractivity contribution < 1.29 is 18.6 Å². The van der Waals surface area contributed by atoms with Gasteiger partial charge in [-0.1, -0.05) is 12.1 Å². The van der Waals surface area contributed by atoms with Crippen molar-refractivity contribution in [1.29, 1.82) is 0 Å². The highest BCUT2D eigenvalue weighted by Gasteiger charge is 2.09. The maximum atomic E-state index is 12.0. The fraction of sp³-hybridized carbons (Fsp3) is 0.455. The Balaban J connectivity index is 0.00000256. The normalized spacial score (nSPS) is 12.1. The summed E-state index contributed by atoms with van der Waals surface area (Å²) >= 11 is 0. The van der Waals surface area contributed by atoms with Crippen molar-refractivity contribution in [2.45, 2.75) is 25.5 Å². The molecule has 0 aliphatic carbocycles. The first-order valence-corrected chi connectivity index (χ1v) is 5.04. The summed E-state index contributed by atoms with van der Waals surface area (Å²) in [5, 5.41) is 8.66. The monoisotopic (exact) mass is 267 g/mol. The third-order valence-corrected chi connectivity index (χ3v) is 2.18. The molecule has 0 unspecified atom stereocenters. The zero-order valence-electron chi connectivity index (χ0n) is 9.18. The predicted octanol–water partition coefficient (Wildman–Crippen LogP) is 2.48. The molecule has 0 fully saturated rings. The van der Waals surface area contributed by atoms with Crippen LogP contribution >= 0.6 is 12.4 Å². The number of nitrogens with two attached hydrogens (primary N) is 1. The van der Waals surface area contributed by atoms with Gasteiger partial charge in [0.2, 0.25) is 0 Å². The minimum atomic E-state index is -2.83. The summed E-state index contributed by atoms with van der Waals surface area (Å²) in [6.07, 6.45) is 1.19. The van der Waals surface area contributed by atoms with E-state index in [2.05, 4.69) is 4.74 Å². The van der Waals surface area contributed by atoms with Crippen LogP contribution in [0.15, 0.2) is 24.3 Å². The summed E-state index contributed by atoms with van der Waals surface area (Å²) in [6, 6.07) is 6.04. The molecule has 0 aliphatic rings. The van der Waals surface area contributed by atoms with Crippen LogP contribution in [0.5, 0.6) is 5.75 Å². The molecule has 1 aromatic rings. The van der Waals surface area contributed by atoms with Gasteiger partial charge in [-0.15, -0.1) is 12.4 Å². The Labute approximate surface area is 105 Å². The molecular formula is C11H16ClF2NO2. The second-order valence-corrected chi connectivity index (χ2v) is 3.42. The van der Waals surface area contributed by atoms with Crippen LogP contribution in [0.2, 0.25) is 0 Å². The SMILES string of the molecule is Cl.N[C@H](CCCO)c1cccc(OC(F)F)c1. The summed E-state index contributed by atoms with van der Waals surface area (Å²) in [4.78, 5) is 0. The summed E-state index contributed by atoms with van der Waals surface area (Å²) < 4.78 is 28.2. The minimum absolute atomic E-state index is 0. The Hall–Kier alpha value is -0.910. The molecule has 0 saturated carbocycles. The van der Waals surface area contributed by atoms with Crippen LogP contribution in [0.3, 0.4) is 0 Å². The molecule has 0 aromatic heterocycles. The van der Waals surface area contributed by atoms with Gasteiger partial charge in [0, 0.05) is 12.6 Å². The molecule has 17 heavy (non-hydrogen) atoms. The van der Waals surface area contributed by atoms with Crippen LogP contribution in [-0.2, 0) is 0 Å². The van der Waals surface area contributed by atoms with Gasteiger partial charge in [0.05, 0.1) is 0 Å². The Morgan fingerprint density at radius 2 is 2.06 bits per heavy atom. The van der Waals surface area contributed by atoms with Crippen molar-refractivity contribution in [1.82, 2.24) is 0 Å². The molecule has 98 valence electrons. The molecule has 0 aliphatic heterocycles. The molecule has 0 spiro atoms. The summed E-state index contributed by atoms with van der Waals surface area (Å²) in [6.45, 7) is -2.76. The van der Waals surface area contributed by atoms with Crippen LogP contribution in [0.25, 0.3) is 0 Å². The lowest BCUT2D eigenvalue weighted by Gasteiger charge is -2.12. The van der Waals surface area contributed by atoms with Gasteiger partial charge in [0.15, 0.2) is 0 Å². The molecule has 1 atom stereocenters. The number of rotatable bonds is 6. The van der Waals surface area contributed by atoms with Crippen LogP contribution < -0.4 is 10.5 Å². The van der Waals surface area contributed by atoms with E-state index in [4.69, 9.17) is 10.8 Å². The van der Waals surface area contributed by atoms with Crippen LogP contribution in [0, 0.1) is 0 Å². The summed E-state index contributed by atoms with van der Waals surface area (Å²) in [7, 11) is 0. The molecule has 0 heterocycles. The van der Waals surface area contributed by atoms with E-state index < -0.39 is 6.61 Å². The Morgan fingerprint density at radius 1 is 1.35 bits per heavy atom. The van der Waals surface area contributed by atoms with Crippen LogP contribution in [0.4, 0.5) is 8.78 Å². The van der Waals surface area contributed by atoms with Gasteiger partial charge < -0.3 is 15.6 Å². The minimum Gasteiger partial charge on any atom is -0.435 e. The molecule has 1 rings (SSSR count). The number of aliphatic hydroxyl groups is 1.